The Morgan fingerprint density at radius 1 is 1.37 bits per heavy atom. The third-order valence-corrected chi connectivity index (χ3v) is 4.11. The quantitative estimate of drug-likeness (QED) is 0.130. The summed E-state index contributed by atoms with van der Waals surface area (Å²) in [5, 5.41) is 17.4. The molecule has 1 aliphatic rings. The fraction of sp³-hybridized carbons (Fsp3) is 0.611. The van der Waals surface area contributed by atoms with Crippen LogP contribution in [0, 0.1) is 16.0 Å². The van der Waals surface area contributed by atoms with E-state index in [1.807, 2.05) is 6.92 Å². The minimum absolute atomic E-state index is 0. The Morgan fingerprint density at radius 2 is 2.15 bits per heavy atom. The molecule has 1 aromatic carbocycles. The summed E-state index contributed by atoms with van der Waals surface area (Å²) in [5.41, 5.74) is 1.02. The zero-order chi connectivity index (χ0) is 18.6. The third kappa shape index (κ3) is 9.34. The maximum atomic E-state index is 10.7. The molecule has 0 radical (unpaired) electrons. The Balaban J connectivity index is 0.00000364. The number of halogens is 1. The van der Waals surface area contributed by atoms with E-state index < -0.39 is 4.92 Å². The van der Waals surface area contributed by atoms with Crippen molar-refractivity contribution in [2.75, 3.05) is 39.5 Å². The van der Waals surface area contributed by atoms with Crippen molar-refractivity contribution in [3.8, 4) is 0 Å². The van der Waals surface area contributed by atoms with Gasteiger partial charge in [-0.15, -0.1) is 24.0 Å². The molecule has 0 spiro atoms. The Hall–Kier alpha value is -1.46. The fourth-order valence-electron chi connectivity index (χ4n) is 2.58. The van der Waals surface area contributed by atoms with Gasteiger partial charge in [0, 0.05) is 51.0 Å². The molecule has 9 heteroatoms. The van der Waals surface area contributed by atoms with Gasteiger partial charge in [0.05, 0.1) is 18.1 Å². The lowest BCUT2D eigenvalue weighted by molar-refractivity contribution is -0.384. The normalized spacial score (nSPS) is 16.6. The highest BCUT2D eigenvalue weighted by Gasteiger charge is 2.15. The topological polar surface area (TPSA) is 98.0 Å². The van der Waals surface area contributed by atoms with E-state index in [1.165, 1.54) is 12.1 Å². The summed E-state index contributed by atoms with van der Waals surface area (Å²) in [7, 11) is 0. The maximum absolute atomic E-state index is 10.7. The van der Waals surface area contributed by atoms with Gasteiger partial charge in [0.2, 0.25) is 0 Å². The van der Waals surface area contributed by atoms with Crippen molar-refractivity contribution < 1.29 is 14.4 Å². The van der Waals surface area contributed by atoms with Gasteiger partial charge in [-0.3, -0.25) is 10.1 Å². The molecule has 1 aliphatic heterocycles. The summed E-state index contributed by atoms with van der Waals surface area (Å²) in [6.07, 6.45) is 1.96. The molecule has 152 valence electrons. The van der Waals surface area contributed by atoms with Crippen LogP contribution >= 0.6 is 24.0 Å². The van der Waals surface area contributed by atoms with Gasteiger partial charge in [-0.25, -0.2) is 4.99 Å². The van der Waals surface area contributed by atoms with Crippen molar-refractivity contribution in [3.05, 3.63) is 39.9 Å². The molecule has 0 bridgehead atoms. The lowest BCUT2D eigenvalue weighted by Crippen LogP contribution is -2.40. The predicted octanol–water partition coefficient (Wildman–Crippen LogP) is 2.71. The number of nitro benzene ring substituents is 1. The summed E-state index contributed by atoms with van der Waals surface area (Å²) in [5.74, 6) is 1.25. The van der Waals surface area contributed by atoms with Crippen LogP contribution in [0.2, 0.25) is 0 Å². The Labute approximate surface area is 177 Å². The van der Waals surface area contributed by atoms with E-state index in [-0.39, 0.29) is 29.7 Å². The monoisotopic (exact) mass is 492 g/mol. The number of nitrogens with one attached hydrogen (secondary N) is 2. The van der Waals surface area contributed by atoms with Crippen LogP contribution in [0.25, 0.3) is 0 Å². The summed E-state index contributed by atoms with van der Waals surface area (Å²) < 4.78 is 10.7. The zero-order valence-corrected chi connectivity index (χ0v) is 18.0. The van der Waals surface area contributed by atoms with Gasteiger partial charge in [-0.1, -0.05) is 12.1 Å². The number of ether oxygens (including phenoxy) is 2. The van der Waals surface area contributed by atoms with Crippen LogP contribution in [0.1, 0.15) is 25.3 Å². The average molecular weight is 492 g/mol. The molecule has 1 heterocycles. The molecule has 1 aromatic rings. The first-order valence-electron chi connectivity index (χ1n) is 9.10. The first-order valence-corrected chi connectivity index (χ1v) is 9.10. The minimum atomic E-state index is -0.399. The number of aliphatic imine (C=N–C) groups is 1. The molecular weight excluding hydrogens is 463 g/mol. The van der Waals surface area contributed by atoms with E-state index in [1.54, 1.807) is 12.1 Å². The Kier molecular flexibility index (Phi) is 11.9. The lowest BCUT2D eigenvalue weighted by atomic mass is 10.1. The Bertz CT molecular complexity index is 577. The predicted molar refractivity (Wildman–Crippen MR) is 116 cm³/mol. The van der Waals surface area contributed by atoms with Crippen LogP contribution in [0.3, 0.4) is 0 Å². The van der Waals surface area contributed by atoms with Gasteiger partial charge >= 0.3 is 0 Å². The summed E-state index contributed by atoms with van der Waals surface area (Å²) in [6.45, 7) is 7.08. The Morgan fingerprint density at radius 3 is 2.78 bits per heavy atom. The summed E-state index contributed by atoms with van der Waals surface area (Å²) in [4.78, 5) is 14.9. The SMILES string of the molecule is CCOCCCNC(=NCc1ccc([N+](=O)[O-])cc1)NCC1CCOC1.I. The molecular formula is C18H29IN4O4. The van der Waals surface area contributed by atoms with Gasteiger partial charge in [-0.05, 0) is 25.3 Å². The van der Waals surface area contributed by atoms with Crippen molar-refractivity contribution in [2.24, 2.45) is 10.9 Å². The van der Waals surface area contributed by atoms with Crippen LogP contribution in [-0.4, -0.2) is 50.4 Å². The number of hydrogen-bond acceptors (Lipinski definition) is 5. The molecule has 0 saturated carbocycles. The van der Waals surface area contributed by atoms with Gasteiger partial charge in [0.1, 0.15) is 0 Å². The molecule has 0 aromatic heterocycles. The molecule has 2 rings (SSSR count). The number of rotatable bonds is 10. The fourth-order valence-corrected chi connectivity index (χ4v) is 2.58. The van der Waals surface area contributed by atoms with E-state index in [9.17, 15) is 10.1 Å². The number of benzene rings is 1. The average Bonchev–Trinajstić information content (AvgIpc) is 3.17. The number of nitrogens with zero attached hydrogens (tertiary/aromatic N) is 2. The van der Waals surface area contributed by atoms with Crippen molar-refractivity contribution in [3.63, 3.8) is 0 Å². The van der Waals surface area contributed by atoms with Crippen LogP contribution in [0.15, 0.2) is 29.3 Å². The van der Waals surface area contributed by atoms with Crippen LogP contribution in [0.4, 0.5) is 5.69 Å². The van der Waals surface area contributed by atoms with E-state index in [0.717, 1.165) is 63.9 Å². The third-order valence-electron chi connectivity index (χ3n) is 4.11. The second-order valence-corrected chi connectivity index (χ2v) is 6.18. The highest BCUT2D eigenvalue weighted by atomic mass is 127. The summed E-state index contributed by atoms with van der Waals surface area (Å²) >= 11 is 0. The standard InChI is InChI=1S/C18H28N4O4.HI/c1-2-25-10-3-9-19-18(21-13-16-8-11-26-14-16)20-12-15-4-6-17(7-5-15)22(23)24;/h4-7,16H,2-3,8-14H2,1H3,(H2,19,20,21);1H. The highest BCUT2D eigenvalue weighted by Crippen LogP contribution is 2.13. The highest BCUT2D eigenvalue weighted by molar-refractivity contribution is 14.0. The molecule has 1 fully saturated rings. The molecule has 1 atom stereocenters. The van der Waals surface area contributed by atoms with Gasteiger partial charge in [0.25, 0.3) is 5.69 Å². The smallest absolute Gasteiger partial charge is 0.269 e. The van der Waals surface area contributed by atoms with E-state index in [0.29, 0.717) is 12.5 Å². The van der Waals surface area contributed by atoms with Crippen LogP contribution < -0.4 is 10.6 Å². The van der Waals surface area contributed by atoms with E-state index >= 15 is 0 Å². The number of nitro groups is 1. The molecule has 1 unspecified atom stereocenters. The van der Waals surface area contributed by atoms with Crippen molar-refractivity contribution in [1.82, 2.24) is 10.6 Å². The van der Waals surface area contributed by atoms with Crippen LogP contribution in [-0.2, 0) is 16.0 Å². The molecule has 0 aliphatic carbocycles. The molecule has 1 saturated heterocycles. The number of non-ortho nitro benzene ring substituents is 1. The van der Waals surface area contributed by atoms with E-state index in [2.05, 4.69) is 15.6 Å². The van der Waals surface area contributed by atoms with Crippen molar-refractivity contribution in [1.29, 1.82) is 0 Å². The number of guanidine groups is 1. The zero-order valence-electron chi connectivity index (χ0n) is 15.7. The summed E-state index contributed by atoms with van der Waals surface area (Å²) in [6, 6.07) is 6.48. The number of hydrogen-bond donors (Lipinski definition) is 2. The lowest BCUT2D eigenvalue weighted by Gasteiger charge is -2.15. The first-order chi connectivity index (χ1) is 12.7. The largest absolute Gasteiger partial charge is 0.382 e. The second-order valence-electron chi connectivity index (χ2n) is 6.18. The molecule has 8 nitrogen and oxygen atoms in total. The van der Waals surface area contributed by atoms with Gasteiger partial charge in [-0.2, -0.15) is 0 Å². The van der Waals surface area contributed by atoms with Crippen molar-refractivity contribution in [2.45, 2.75) is 26.3 Å². The van der Waals surface area contributed by atoms with Gasteiger partial charge in [0.15, 0.2) is 5.96 Å². The molecule has 0 amide bonds. The molecule has 2 N–H and O–H groups in total. The molecule has 27 heavy (non-hydrogen) atoms. The minimum Gasteiger partial charge on any atom is -0.382 e. The van der Waals surface area contributed by atoms with Crippen molar-refractivity contribution >= 4 is 35.6 Å². The first kappa shape index (κ1) is 23.6. The van der Waals surface area contributed by atoms with E-state index in [4.69, 9.17) is 9.47 Å². The van der Waals surface area contributed by atoms with Crippen LogP contribution in [0.5, 0.6) is 0 Å². The second kappa shape index (κ2) is 13.7. The maximum Gasteiger partial charge on any atom is 0.269 e. The van der Waals surface area contributed by atoms with Gasteiger partial charge < -0.3 is 20.1 Å².